The van der Waals surface area contributed by atoms with Crippen LogP contribution in [0.4, 0.5) is 36.8 Å². The number of para-hydroxylation sites is 1. The first-order valence-corrected chi connectivity index (χ1v) is 9.54. The van der Waals surface area contributed by atoms with Gasteiger partial charge in [0.25, 0.3) is 11.6 Å². The minimum absolute atomic E-state index is 0.0149. The summed E-state index contributed by atoms with van der Waals surface area (Å²) in [7, 11) is 0. The summed E-state index contributed by atoms with van der Waals surface area (Å²) in [5.74, 6) is -1.81. The van der Waals surface area contributed by atoms with Gasteiger partial charge >= 0.3 is 18.4 Å². The third-order valence-corrected chi connectivity index (χ3v) is 5.06. The van der Waals surface area contributed by atoms with E-state index in [4.69, 9.17) is 0 Å². The van der Waals surface area contributed by atoms with E-state index in [0.717, 1.165) is 24.3 Å². The van der Waals surface area contributed by atoms with Gasteiger partial charge in [-0.15, -0.1) is 0 Å². The molecule has 1 heterocycles. The van der Waals surface area contributed by atoms with Crippen LogP contribution in [0.2, 0.25) is 0 Å². The quantitative estimate of drug-likeness (QED) is 0.275. The number of nitrogens with zero attached hydrogens (tertiary/aromatic N) is 3. The molecule has 14 heteroatoms. The van der Waals surface area contributed by atoms with Gasteiger partial charge in [-0.1, -0.05) is 48.5 Å². The van der Waals surface area contributed by atoms with Gasteiger partial charge in [-0.05, 0) is 5.56 Å². The van der Waals surface area contributed by atoms with E-state index in [2.05, 4.69) is 0 Å². The Labute approximate surface area is 187 Å². The molecule has 1 unspecified atom stereocenters. The number of nitro benzene ring substituents is 1. The summed E-state index contributed by atoms with van der Waals surface area (Å²) in [6.07, 6.45) is -10.2. The third-order valence-electron chi connectivity index (χ3n) is 5.06. The zero-order valence-corrected chi connectivity index (χ0v) is 17.1. The van der Waals surface area contributed by atoms with E-state index >= 15 is 0 Å². The highest BCUT2D eigenvalue weighted by Crippen LogP contribution is 2.43. The SMILES string of the molecule is O=C1NC(c2ccccc2)(C(F)(F)F)C(=O)N1CN(Cc1ccccc1[N+](=O)[O-])CC(F)(F)F. The van der Waals surface area contributed by atoms with Crippen molar-refractivity contribution in [1.82, 2.24) is 15.1 Å². The van der Waals surface area contributed by atoms with Crippen LogP contribution in [0.1, 0.15) is 11.1 Å². The van der Waals surface area contributed by atoms with Gasteiger partial charge in [0, 0.05) is 18.2 Å². The van der Waals surface area contributed by atoms with Crippen LogP contribution in [-0.2, 0) is 16.9 Å². The number of alkyl halides is 6. The van der Waals surface area contributed by atoms with Crippen molar-refractivity contribution in [3.63, 3.8) is 0 Å². The normalized spacial score (nSPS) is 19.0. The second-order valence-corrected chi connectivity index (χ2v) is 7.41. The van der Waals surface area contributed by atoms with Gasteiger partial charge in [0.2, 0.25) is 5.54 Å². The zero-order chi connectivity index (χ0) is 25.3. The molecule has 1 fully saturated rings. The second kappa shape index (κ2) is 8.93. The molecule has 0 aromatic heterocycles. The third kappa shape index (κ3) is 4.81. The van der Waals surface area contributed by atoms with Crippen LogP contribution in [0.25, 0.3) is 0 Å². The summed E-state index contributed by atoms with van der Waals surface area (Å²) in [6, 6.07) is 8.95. The van der Waals surface area contributed by atoms with Gasteiger partial charge in [0.15, 0.2) is 0 Å². The molecule has 1 aliphatic heterocycles. The Balaban J connectivity index is 1.98. The number of rotatable bonds is 7. The van der Waals surface area contributed by atoms with Crippen LogP contribution in [0.3, 0.4) is 0 Å². The molecule has 1 saturated heterocycles. The maximum absolute atomic E-state index is 14.1. The molecule has 3 amide bonds. The summed E-state index contributed by atoms with van der Waals surface area (Å²) in [5, 5.41) is 12.8. The number of amides is 3. The van der Waals surface area contributed by atoms with Crippen molar-refractivity contribution >= 4 is 17.6 Å². The average molecular weight is 490 g/mol. The predicted octanol–water partition coefficient (Wildman–Crippen LogP) is 3.93. The highest BCUT2D eigenvalue weighted by atomic mass is 19.4. The van der Waals surface area contributed by atoms with Gasteiger partial charge < -0.3 is 5.32 Å². The fourth-order valence-electron chi connectivity index (χ4n) is 3.62. The Kier molecular flexibility index (Phi) is 6.55. The van der Waals surface area contributed by atoms with Crippen LogP contribution in [0, 0.1) is 10.1 Å². The molecule has 1 atom stereocenters. The van der Waals surface area contributed by atoms with Gasteiger partial charge in [0.1, 0.15) is 0 Å². The standard InChI is InChI=1S/C20H16F6N4O4/c21-18(22,23)11-28(10-13-6-4-5-9-15(13)30(33)34)12-29-16(31)19(20(24,25)26,27-17(29)32)14-7-2-1-3-8-14/h1-9H,10-12H2,(H,27,32). The number of hydrogen-bond acceptors (Lipinski definition) is 5. The molecule has 34 heavy (non-hydrogen) atoms. The minimum Gasteiger partial charge on any atom is -0.312 e. The zero-order valence-electron chi connectivity index (χ0n) is 17.1. The Morgan fingerprint density at radius 1 is 0.971 bits per heavy atom. The van der Waals surface area contributed by atoms with E-state index in [1.807, 2.05) is 0 Å². The van der Waals surface area contributed by atoms with E-state index in [9.17, 15) is 46.0 Å². The summed E-state index contributed by atoms with van der Waals surface area (Å²) >= 11 is 0. The lowest BCUT2D eigenvalue weighted by Gasteiger charge is -2.31. The maximum atomic E-state index is 14.1. The fraction of sp³-hybridized carbons (Fsp3) is 0.300. The lowest BCUT2D eigenvalue weighted by molar-refractivity contribution is -0.385. The number of carbonyl (C=O) groups is 2. The number of nitro groups is 1. The number of carbonyl (C=O) groups excluding carboxylic acids is 2. The van der Waals surface area contributed by atoms with E-state index in [0.29, 0.717) is 4.90 Å². The van der Waals surface area contributed by atoms with Crippen LogP contribution in [0.5, 0.6) is 0 Å². The Hall–Kier alpha value is -3.68. The second-order valence-electron chi connectivity index (χ2n) is 7.41. The molecular weight excluding hydrogens is 474 g/mol. The van der Waals surface area contributed by atoms with E-state index in [1.54, 1.807) is 5.32 Å². The molecule has 0 saturated carbocycles. The maximum Gasteiger partial charge on any atom is 0.425 e. The lowest BCUT2D eigenvalue weighted by atomic mass is 9.89. The molecule has 182 valence electrons. The molecule has 2 aromatic carbocycles. The molecule has 0 bridgehead atoms. The van der Waals surface area contributed by atoms with Gasteiger partial charge in [0.05, 0.1) is 18.1 Å². The Bertz CT molecular complexity index is 1090. The molecule has 0 radical (unpaired) electrons. The molecule has 1 N–H and O–H groups in total. The van der Waals surface area contributed by atoms with Crippen molar-refractivity contribution in [2.75, 3.05) is 13.2 Å². The first-order chi connectivity index (χ1) is 15.8. The average Bonchev–Trinajstić information content (AvgIpc) is 2.99. The number of imide groups is 1. The van der Waals surface area contributed by atoms with Crippen molar-refractivity contribution in [2.45, 2.75) is 24.4 Å². The fourth-order valence-corrected chi connectivity index (χ4v) is 3.62. The first kappa shape index (κ1) is 25.0. The predicted molar refractivity (Wildman–Crippen MR) is 104 cm³/mol. The molecule has 1 aliphatic rings. The summed E-state index contributed by atoms with van der Waals surface area (Å²) in [5.41, 5.74) is -4.83. The van der Waals surface area contributed by atoms with Gasteiger partial charge in [-0.2, -0.15) is 26.3 Å². The van der Waals surface area contributed by atoms with E-state index in [-0.39, 0.29) is 10.5 Å². The summed E-state index contributed by atoms with van der Waals surface area (Å²) in [4.78, 5) is 36.2. The molecular formula is C20H16F6N4O4. The molecule has 2 aromatic rings. The van der Waals surface area contributed by atoms with Crippen LogP contribution in [-0.4, -0.2) is 52.2 Å². The number of nitrogens with one attached hydrogen (secondary N) is 1. The number of urea groups is 1. The number of halogens is 6. The van der Waals surface area contributed by atoms with E-state index < -0.39 is 65.8 Å². The van der Waals surface area contributed by atoms with Crippen LogP contribution >= 0.6 is 0 Å². The van der Waals surface area contributed by atoms with Gasteiger partial charge in [-0.25, -0.2) is 9.69 Å². The van der Waals surface area contributed by atoms with Crippen molar-refractivity contribution in [2.24, 2.45) is 0 Å². The van der Waals surface area contributed by atoms with Crippen molar-refractivity contribution in [1.29, 1.82) is 0 Å². The van der Waals surface area contributed by atoms with Crippen molar-refractivity contribution in [3.05, 3.63) is 75.8 Å². The van der Waals surface area contributed by atoms with Gasteiger partial charge in [-0.3, -0.25) is 19.8 Å². The summed E-state index contributed by atoms with van der Waals surface area (Å²) in [6.45, 7) is -3.71. The highest BCUT2D eigenvalue weighted by molar-refractivity contribution is 6.08. The molecule has 8 nitrogen and oxygen atoms in total. The van der Waals surface area contributed by atoms with Crippen molar-refractivity contribution in [3.8, 4) is 0 Å². The topological polar surface area (TPSA) is 95.8 Å². The highest BCUT2D eigenvalue weighted by Gasteiger charge is 2.68. The van der Waals surface area contributed by atoms with E-state index in [1.165, 1.54) is 30.3 Å². The smallest absolute Gasteiger partial charge is 0.312 e. The number of benzene rings is 2. The first-order valence-electron chi connectivity index (χ1n) is 9.54. The monoisotopic (exact) mass is 490 g/mol. The Morgan fingerprint density at radius 2 is 1.56 bits per heavy atom. The lowest BCUT2D eigenvalue weighted by Crippen LogP contribution is -2.56. The number of hydrogen-bond donors (Lipinski definition) is 1. The Morgan fingerprint density at radius 3 is 2.12 bits per heavy atom. The largest absolute Gasteiger partial charge is 0.425 e. The molecule has 0 aliphatic carbocycles. The molecule has 0 spiro atoms. The van der Waals surface area contributed by atoms with Crippen molar-refractivity contribution < 1.29 is 40.9 Å². The van der Waals surface area contributed by atoms with Crippen LogP contribution in [0.15, 0.2) is 54.6 Å². The van der Waals surface area contributed by atoms with Crippen LogP contribution < -0.4 is 5.32 Å². The summed E-state index contributed by atoms with van der Waals surface area (Å²) < 4.78 is 81.7. The minimum atomic E-state index is -5.32. The molecule has 3 rings (SSSR count).